The number of likely N-dealkylation sites (N-methyl/N-ethyl adjacent to an activating group) is 1. The number of allylic oxidation sites excluding steroid dienone is 3. The van der Waals surface area contributed by atoms with Crippen LogP contribution in [0.15, 0.2) is 24.0 Å². The van der Waals surface area contributed by atoms with Crippen LogP contribution in [0.4, 0.5) is 0 Å². The summed E-state index contributed by atoms with van der Waals surface area (Å²) >= 11 is 0. The molecule has 1 rings (SSSR count). The van der Waals surface area contributed by atoms with Gasteiger partial charge in [0, 0.05) is 6.54 Å². The molecule has 18 heavy (non-hydrogen) atoms. The molecule has 0 amide bonds. The fourth-order valence-corrected chi connectivity index (χ4v) is 2.23. The maximum atomic E-state index is 5.48. The van der Waals surface area contributed by atoms with E-state index in [-0.39, 0.29) is 0 Å². The quantitative estimate of drug-likeness (QED) is 0.543. The van der Waals surface area contributed by atoms with Crippen LogP contribution in [0.25, 0.3) is 0 Å². The minimum Gasteiger partial charge on any atom is -0.500 e. The van der Waals surface area contributed by atoms with E-state index in [1.807, 2.05) is 6.26 Å². The summed E-state index contributed by atoms with van der Waals surface area (Å²) in [4.78, 5) is 2.13. The van der Waals surface area contributed by atoms with Gasteiger partial charge in [0.1, 0.15) is 0 Å². The van der Waals surface area contributed by atoms with Gasteiger partial charge >= 0.3 is 0 Å². The van der Waals surface area contributed by atoms with Crippen LogP contribution in [-0.2, 0) is 4.74 Å². The van der Waals surface area contributed by atoms with Crippen LogP contribution in [0.1, 0.15) is 40.0 Å². The van der Waals surface area contributed by atoms with Crippen molar-refractivity contribution >= 4 is 0 Å². The first-order valence-corrected chi connectivity index (χ1v) is 7.01. The molecule has 0 aromatic rings. The maximum absolute atomic E-state index is 5.48. The second-order valence-electron chi connectivity index (χ2n) is 6.59. The third kappa shape index (κ3) is 5.72. The van der Waals surface area contributed by atoms with Gasteiger partial charge in [-0.15, -0.1) is 0 Å². The number of nitrogens with zero attached hydrogens (tertiary/aromatic N) is 1. The van der Waals surface area contributed by atoms with Gasteiger partial charge in [-0.05, 0) is 56.3 Å². The van der Waals surface area contributed by atoms with Gasteiger partial charge in [-0.25, -0.2) is 0 Å². The van der Waals surface area contributed by atoms with E-state index in [0.29, 0.717) is 5.41 Å². The molecule has 0 radical (unpaired) electrons. The van der Waals surface area contributed by atoms with Gasteiger partial charge in [0.25, 0.3) is 0 Å². The molecule has 1 atom stereocenters. The summed E-state index contributed by atoms with van der Waals surface area (Å²) in [7, 11) is 4.12. The van der Waals surface area contributed by atoms with Crippen LogP contribution in [0.5, 0.6) is 0 Å². The summed E-state index contributed by atoms with van der Waals surface area (Å²) in [6, 6.07) is 0. The van der Waals surface area contributed by atoms with Crippen molar-refractivity contribution in [1.82, 2.24) is 4.90 Å². The third-order valence-corrected chi connectivity index (χ3v) is 3.71. The molecule has 0 aromatic carbocycles. The molecule has 0 N–H and O–H groups in total. The average Bonchev–Trinajstić information content (AvgIpc) is 2.27. The molecule has 0 heterocycles. The molecule has 0 saturated heterocycles. The van der Waals surface area contributed by atoms with E-state index in [9.17, 15) is 0 Å². The highest BCUT2D eigenvalue weighted by Gasteiger charge is 2.25. The highest BCUT2D eigenvalue weighted by Crippen LogP contribution is 2.37. The molecule has 1 unspecified atom stereocenters. The fraction of sp³-hybridized carbons (Fsp3) is 0.750. The lowest BCUT2D eigenvalue weighted by atomic mass is 9.73. The van der Waals surface area contributed by atoms with E-state index in [1.165, 1.54) is 24.8 Å². The molecule has 0 aliphatic heterocycles. The normalized spacial score (nSPS) is 21.4. The number of ether oxygens (including phenoxy) is 1. The molecule has 1 aliphatic rings. The lowest BCUT2D eigenvalue weighted by molar-refractivity contribution is 0.210. The zero-order chi connectivity index (χ0) is 13.6. The molecule has 0 aromatic heterocycles. The van der Waals surface area contributed by atoms with Crippen molar-refractivity contribution in [2.75, 3.05) is 27.2 Å². The Kier molecular flexibility index (Phi) is 5.94. The number of hydrogen-bond donors (Lipinski definition) is 0. The monoisotopic (exact) mass is 251 g/mol. The molecule has 1 aliphatic carbocycles. The molecule has 2 nitrogen and oxygen atoms in total. The van der Waals surface area contributed by atoms with Crippen molar-refractivity contribution in [2.45, 2.75) is 40.0 Å². The van der Waals surface area contributed by atoms with Crippen LogP contribution >= 0.6 is 0 Å². The Balaban J connectivity index is 2.29. The van der Waals surface area contributed by atoms with Crippen molar-refractivity contribution in [3.05, 3.63) is 24.0 Å². The van der Waals surface area contributed by atoms with E-state index in [1.54, 1.807) is 0 Å². The second kappa shape index (κ2) is 6.98. The molecule has 0 saturated carbocycles. The summed E-state index contributed by atoms with van der Waals surface area (Å²) in [6.07, 6.45) is 10.1. The van der Waals surface area contributed by atoms with Gasteiger partial charge in [-0.3, -0.25) is 0 Å². The molecule has 0 bridgehead atoms. The first kappa shape index (κ1) is 15.3. The Bertz CT molecular complexity index is 297. The molecular weight excluding hydrogens is 222 g/mol. The standard InChI is InChI=1S/C16H29NO/c1-16(2,3)15-8-6-14(7-9-15)10-12-18-13-11-17(4)5/h6,10,12,15H,7-9,11,13H2,1-5H3/b12-10+. The van der Waals surface area contributed by atoms with Crippen molar-refractivity contribution < 1.29 is 4.74 Å². The molecule has 0 fully saturated rings. The Labute approximate surface area is 113 Å². The van der Waals surface area contributed by atoms with Crippen molar-refractivity contribution in [2.24, 2.45) is 11.3 Å². The maximum Gasteiger partial charge on any atom is 0.0999 e. The third-order valence-electron chi connectivity index (χ3n) is 3.71. The molecular formula is C16H29NO. The summed E-state index contributed by atoms with van der Waals surface area (Å²) in [5, 5.41) is 0. The van der Waals surface area contributed by atoms with Crippen molar-refractivity contribution in [3.8, 4) is 0 Å². The second-order valence-corrected chi connectivity index (χ2v) is 6.59. The molecule has 0 spiro atoms. The summed E-state index contributed by atoms with van der Waals surface area (Å²) < 4.78 is 5.48. The van der Waals surface area contributed by atoms with E-state index < -0.39 is 0 Å². The van der Waals surface area contributed by atoms with E-state index in [2.05, 4.69) is 51.9 Å². The van der Waals surface area contributed by atoms with Gasteiger partial charge in [-0.1, -0.05) is 26.8 Å². The van der Waals surface area contributed by atoms with Crippen LogP contribution in [0.3, 0.4) is 0 Å². The zero-order valence-corrected chi connectivity index (χ0v) is 12.7. The number of rotatable bonds is 5. The SMILES string of the molecule is CN(C)CCO/C=C/C1=CCC(C(C)(C)C)CC1. The van der Waals surface area contributed by atoms with Gasteiger partial charge in [0.05, 0.1) is 12.9 Å². The highest BCUT2D eigenvalue weighted by atomic mass is 16.5. The summed E-state index contributed by atoms with van der Waals surface area (Å²) in [5.41, 5.74) is 1.87. The predicted octanol–water partition coefficient (Wildman–Crippen LogP) is 3.85. The van der Waals surface area contributed by atoms with E-state index >= 15 is 0 Å². The fourth-order valence-electron chi connectivity index (χ4n) is 2.23. The van der Waals surface area contributed by atoms with E-state index in [4.69, 9.17) is 4.74 Å². The Morgan fingerprint density at radius 3 is 2.61 bits per heavy atom. The topological polar surface area (TPSA) is 12.5 Å². The largest absolute Gasteiger partial charge is 0.500 e. The first-order chi connectivity index (χ1) is 8.39. The Morgan fingerprint density at radius 2 is 2.11 bits per heavy atom. The summed E-state index contributed by atoms with van der Waals surface area (Å²) in [6.45, 7) is 8.76. The smallest absolute Gasteiger partial charge is 0.0999 e. The Morgan fingerprint density at radius 1 is 1.39 bits per heavy atom. The molecule has 2 heteroatoms. The van der Waals surface area contributed by atoms with Crippen molar-refractivity contribution in [3.63, 3.8) is 0 Å². The first-order valence-electron chi connectivity index (χ1n) is 7.01. The van der Waals surface area contributed by atoms with Crippen LogP contribution < -0.4 is 0 Å². The van der Waals surface area contributed by atoms with E-state index in [0.717, 1.165) is 19.1 Å². The van der Waals surface area contributed by atoms with Gasteiger partial charge in [0.15, 0.2) is 0 Å². The van der Waals surface area contributed by atoms with Gasteiger partial charge < -0.3 is 9.64 Å². The van der Waals surface area contributed by atoms with Gasteiger partial charge in [-0.2, -0.15) is 0 Å². The van der Waals surface area contributed by atoms with Crippen LogP contribution in [0.2, 0.25) is 0 Å². The zero-order valence-electron chi connectivity index (χ0n) is 12.7. The highest BCUT2D eigenvalue weighted by molar-refractivity contribution is 5.20. The Hall–Kier alpha value is -0.760. The average molecular weight is 251 g/mol. The minimum absolute atomic E-state index is 0.438. The lowest BCUT2D eigenvalue weighted by Crippen LogP contribution is -2.21. The predicted molar refractivity (Wildman–Crippen MR) is 78.5 cm³/mol. The molecule has 104 valence electrons. The number of hydrogen-bond acceptors (Lipinski definition) is 2. The lowest BCUT2D eigenvalue weighted by Gasteiger charge is -2.32. The van der Waals surface area contributed by atoms with Crippen LogP contribution in [-0.4, -0.2) is 32.1 Å². The van der Waals surface area contributed by atoms with Crippen LogP contribution in [0, 0.1) is 11.3 Å². The van der Waals surface area contributed by atoms with Gasteiger partial charge in [0.2, 0.25) is 0 Å². The summed E-state index contributed by atoms with van der Waals surface area (Å²) in [5.74, 6) is 0.823. The van der Waals surface area contributed by atoms with Crippen molar-refractivity contribution in [1.29, 1.82) is 0 Å². The minimum atomic E-state index is 0.438.